The average molecular weight is 416 g/mol. The Hall–Kier alpha value is -3.67. The number of Topliss-reactive ketones (excluding diaryl/α,β-unsaturated/α-hetero) is 1. The van der Waals surface area contributed by atoms with Gasteiger partial charge in [0.1, 0.15) is 5.75 Å². The summed E-state index contributed by atoms with van der Waals surface area (Å²) < 4.78 is 7.11. The Bertz CT molecular complexity index is 1190. The van der Waals surface area contributed by atoms with Gasteiger partial charge in [0.2, 0.25) is 0 Å². The third-order valence-electron chi connectivity index (χ3n) is 5.84. The Kier molecular flexibility index (Phi) is 5.46. The molecule has 1 aromatic heterocycles. The molecule has 1 N–H and O–H groups in total. The molecule has 0 amide bonds. The van der Waals surface area contributed by atoms with Crippen molar-refractivity contribution >= 4 is 17.8 Å². The fourth-order valence-corrected chi connectivity index (χ4v) is 4.10. The SMILES string of the molecule is COc1ccc(Cn2nc(C)c(/C=C3\CC(C(=O)O)c4ccccc4C3=O)c2C)cc1. The van der Waals surface area contributed by atoms with Gasteiger partial charge < -0.3 is 9.84 Å². The maximum absolute atomic E-state index is 13.1. The predicted molar refractivity (Wildman–Crippen MR) is 118 cm³/mol. The number of ether oxygens (including phenoxy) is 1. The molecule has 1 atom stereocenters. The first kappa shape index (κ1) is 20.6. The van der Waals surface area contributed by atoms with E-state index in [0.717, 1.165) is 28.3 Å². The van der Waals surface area contributed by atoms with E-state index in [0.29, 0.717) is 23.2 Å². The van der Waals surface area contributed by atoms with Crippen molar-refractivity contribution < 1.29 is 19.4 Å². The highest BCUT2D eigenvalue weighted by Gasteiger charge is 2.33. The molecule has 1 aliphatic carbocycles. The van der Waals surface area contributed by atoms with Crippen molar-refractivity contribution in [2.45, 2.75) is 32.7 Å². The minimum absolute atomic E-state index is 0.116. The van der Waals surface area contributed by atoms with Crippen LogP contribution >= 0.6 is 0 Å². The van der Waals surface area contributed by atoms with Crippen LogP contribution in [0.1, 0.15) is 50.8 Å². The van der Waals surface area contributed by atoms with Crippen LogP contribution in [0.4, 0.5) is 0 Å². The normalized spacial score (nSPS) is 16.9. The molecule has 158 valence electrons. The molecule has 0 bridgehead atoms. The molecule has 2 aromatic carbocycles. The maximum atomic E-state index is 13.1. The van der Waals surface area contributed by atoms with E-state index in [1.165, 1.54) is 0 Å². The van der Waals surface area contributed by atoms with Gasteiger partial charge in [-0.2, -0.15) is 5.10 Å². The molecule has 0 spiro atoms. The van der Waals surface area contributed by atoms with Crippen molar-refractivity contribution in [3.8, 4) is 5.75 Å². The molecule has 0 aliphatic heterocycles. The lowest BCUT2D eigenvalue weighted by molar-refractivity contribution is -0.138. The third kappa shape index (κ3) is 3.89. The van der Waals surface area contributed by atoms with Crippen molar-refractivity contribution in [2.24, 2.45) is 0 Å². The zero-order valence-corrected chi connectivity index (χ0v) is 17.8. The highest BCUT2D eigenvalue weighted by atomic mass is 16.5. The largest absolute Gasteiger partial charge is 0.497 e. The fraction of sp³-hybridized carbons (Fsp3) is 0.240. The number of aliphatic carboxylic acids is 1. The van der Waals surface area contributed by atoms with Crippen molar-refractivity contribution in [3.05, 3.63) is 87.7 Å². The molecule has 0 saturated heterocycles. The van der Waals surface area contributed by atoms with Gasteiger partial charge in [-0.05, 0) is 49.6 Å². The van der Waals surface area contributed by atoms with Crippen LogP contribution < -0.4 is 4.74 Å². The topological polar surface area (TPSA) is 81.4 Å². The number of fused-ring (bicyclic) bond motifs is 1. The summed E-state index contributed by atoms with van der Waals surface area (Å²) in [5.74, 6) is -0.967. The van der Waals surface area contributed by atoms with E-state index in [4.69, 9.17) is 4.74 Å². The third-order valence-corrected chi connectivity index (χ3v) is 5.84. The van der Waals surface area contributed by atoms with E-state index in [1.54, 1.807) is 31.4 Å². The summed E-state index contributed by atoms with van der Waals surface area (Å²) in [5.41, 5.74) is 5.23. The number of hydrogen-bond acceptors (Lipinski definition) is 4. The van der Waals surface area contributed by atoms with Crippen LogP contribution in [-0.4, -0.2) is 33.7 Å². The first-order valence-corrected chi connectivity index (χ1v) is 10.1. The number of carbonyl (C=O) groups is 2. The van der Waals surface area contributed by atoms with Gasteiger partial charge in [0.15, 0.2) is 5.78 Å². The highest BCUT2D eigenvalue weighted by molar-refractivity contribution is 6.14. The summed E-state index contributed by atoms with van der Waals surface area (Å²) in [4.78, 5) is 24.9. The second-order valence-corrected chi connectivity index (χ2v) is 7.77. The summed E-state index contributed by atoms with van der Waals surface area (Å²) >= 11 is 0. The van der Waals surface area contributed by atoms with Crippen LogP contribution in [0.3, 0.4) is 0 Å². The Balaban J connectivity index is 1.68. The molecular formula is C25H24N2O4. The Morgan fingerprint density at radius 3 is 2.58 bits per heavy atom. The monoisotopic (exact) mass is 416 g/mol. The minimum Gasteiger partial charge on any atom is -0.497 e. The number of aromatic nitrogens is 2. The number of hydrogen-bond donors (Lipinski definition) is 1. The number of rotatable bonds is 5. The second-order valence-electron chi connectivity index (χ2n) is 7.77. The number of aryl methyl sites for hydroxylation is 1. The molecule has 1 unspecified atom stereocenters. The lowest BCUT2D eigenvalue weighted by Gasteiger charge is -2.23. The number of allylic oxidation sites excluding steroid dienone is 1. The van der Waals surface area contributed by atoms with Crippen LogP contribution in [0.15, 0.2) is 54.1 Å². The lowest BCUT2D eigenvalue weighted by Crippen LogP contribution is -2.23. The second kappa shape index (κ2) is 8.22. The fourth-order valence-electron chi connectivity index (χ4n) is 4.10. The first-order chi connectivity index (χ1) is 14.9. The smallest absolute Gasteiger partial charge is 0.311 e. The van der Waals surface area contributed by atoms with Gasteiger partial charge in [-0.3, -0.25) is 14.3 Å². The van der Waals surface area contributed by atoms with E-state index in [-0.39, 0.29) is 12.2 Å². The van der Waals surface area contributed by atoms with Crippen LogP contribution in [0.2, 0.25) is 0 Å². The van der Waals surface area contributed by atoms with Crippen LogP contribution in [0.5, 0.6) is 5.75 Å². The Morgan fingerprint density at radius 1 is 1.19 bits per heavy atom. The Morgan fingerprint density at radius 2 is 1.90 bits per heavy atom. The van der Waals surface area contributed by atoms with Gasteiger partial charge in [-0.1, -0.05) is 36.4 Å². The molecule has 6 nitrogen and oxygen atoms in total. The Labute approximate surface area is 180 Å². The molecule has 1 aliphatic rings. The minimum atomic E-state index is -0.922. The molecule has 0 radical (unpaired) electrons. The number of carboxylic acid groups (broad SMARTS) is 1. The van der Waals surface area contributed by atoms with Crippen molar-refractivity contribution in [2.75, 3.05) is 7.11 Å². The van der Waals surface area contributed by atoms with Crippen molar-refractivity contribution in [1.29, 1.82) is 0 Å². The van der Waals surface area contributed by atoms with Gasteiger partial charge in [0.05, 0.1) is 25.3 Å². The number of nitrogens with zero attached hydrogens (tertiary/aromatic N) is 2. The molecule has 31 heavy (non-hydrogen) atoms. The van der Waals surface area contributed by atoms with Gasteiger partial charge in [-0.25, -0.2) is 0 Å². The quantitative estimate of drug-likeness (QED) is 0.624. The maximum Gasteiger partial charge on any atom is 0.311 e. The summed E-state index contributed by atoms with van der Waals surface area (Å²) in [6.07, 6.45) is 1.99. The van der Waals surface area contributed by atoms with E-state index < -0.39 is 11.9 Å². The molecule has 0 fully saturated rings. The summed E-state index contributed by atoms with van der Waals surface area (Å²) in [5, 5.41) is 14.4. The van der Waals surface area contributed by atoms with E-state index in [2.05, 4.69) is 5.10 Å². The number of carboxylic acids is 1. The first-order valence-electron chi connectivity index (χ1n) is 10.1. The number of benzene rings is 2. The van der Waals surface area contributed by atoms with Crippen LogP contribution in [-0.2, 0) is 11.3 Å². The number of ketones is 1. The van der Waals surface area contributed by atoms with Gasteiger partial charge in [0, 0.05) is 22.4 Å². The molecule has 1 heterocycles. The number of methoxy groups -OCH3 is 1. The number of carbonyl (C=O) groups excluding carboxylic acids is 1. The van der Waals surface area contributed by atoms with Gasteiger partial charge in [-0.15, -0.1) is 0 Å². The molecule has 6 heteroatoms. The molecule has 3 aromatic rings. The van der Waals surface area contributed by atoms with Gasteiger partial charge >= 0.3 is 5.97 Å². The van der Waals surface area contributed by atoms with E-state index in [9.17, 15) is 14.7 Å². The predicted octanol–water partition coefficient (Wildman–Crippen LogP) is 4.40. The summed E-state index contributed by atoms with van der Waals surface area (Å²) in [6.45, 7) is 4.46. The van der Waals surface area contributed by atoms with Crippen LogP contribution in [0.25, 0.3) is 6.08 Å². The average Bonchev–Trinajstić information content (AvgIpc) is 3.03. The molecule has 0 saturated carbocycles. The van der Waals surface area contributed by atoms with E-state index in [1.807, 2.05) is 48.9 Å². The van der Waals surface area contributed by atoms with Crippen molar-refractivity contribution in [1.82, 2.24) is 9.78 Å². The lowest BCUT2D eigenvalue weighted by atomic mass is 9.78. The molecular weight excluding hydrogens is 392 g/mol. The van der Waals surface area contributed by atoms with Gasteiger partial charge in [0.25, 0.3) is 0 Å². The molecule has 4 rings (SSSR count). The van der Waals surface area contributed by atoms with Crippen LogP contribution in [0, 0.1) is 13.8 Å². The zero-order chi connectivity index (χ0) is 22.1. The van der Waals surface area contributed by atoms with Crippen molar-refractivity contribution in [3.63, 3.8) is 0 Å². The summed E-state index contributed by atoms with van der Waals surface area (Å²) in [6, 6.07) is 14.8. The highest BCUT2D eigenvalue weighted by Crippen LogP contribution is 2.36. The summed E-state index contributed by atoms with van der Waals surface area (Å²) in [7, 11) is 1.63. The zero-order valence-electron chi connectivity index (χ0n) is 17.8. The standard InChI is InChI=1S/C25H24N2O4/c1-15-22(16(2)27(26-15)14-17-8-10-19(31-3)11-9-17)12-18-13-23(25(29)30)20-6-4-5-7-21(20)24(18)28/h4-12,23H,13-14H2,1-3H3,(H,29,30)/b18-12+. The van der Waals surface area contributed by atoms with E-state index >= 15 is 0 Å².